The van der Waals surface area contributed by atoms with Crippen LogP contribution >= 0.6 is 0 Å². The molecule has 1 rings (SSSR count). The predicted octanol–water partition coefficient (Wildman–Crippen LogP) is 1.07. The van der Waals surface area contributed by atoms with Gasteiger partial charge in [-0.15, -0.1) is 0 Å². The van der Waals surface area contributed by atoms with Gasteiger partial charge in [-0.05, 0) is 12.1 Å². The monoisotopic (exact) mass is 270 g/mol. The number of carbonyl (C=O) groups is 2. The van der Waals surface area contributed by atoms with Crippen LogP contribution in [0, 0.1) is 5.82 Å². The average Bonchev–Trinajstić information content (AvgIpc) is 2.38. The van der Waals surface area contributed by atoms with Crippen LogP contribution in [0.3, 0.4) is 0 Å². The summed E-state index contributed by atoms with van der Waals surface area (Å²) in [6.07, 6.45) is -1.14. The van der Waals surface area contributed by atoms with Crippen molar-refractivity contribution in [3.8, 4) is 0 Å². The molecule has 0 aliphatic carbocycles. The van der Waals surface area contributed by atoms with E-state index in [9.17, 15) is 14.0 Å². The number of urea groups is 1. The third-order valence-corrected chi connectivity index (χ3v) is 2.52. The minimum Gasteiger partial charge on any atom is -0.479 e. The SMILES string of the molecule is COC(CNC(=O)N(C)c1ccccc1F)C(=O)O. The van der Waals surface area contributed by atoms with E-state index in [0.29, 0.717) is 0 Å². The zero-order valence-electron chi connectivity index (χ0n) is 10.6. The van der Waals surface area contributed by atoms with Gasteiger partial charge in [-0.2, -0.15) is 0 Å². The molecule has 0 aromatic heterocycles. The van der Waals surface area contributed by atoms with Gasteiger partial charge in [0.1, 0.15) is 5.82 Å². The lowest BCUT2D eigenvalue weighted by Crippen LogP contribution is -2.43. The van der Waals surface area contributed by atoms with Crippen LogP contribution in [0.25, 0.3) is 0 Å². The van der Waals surface area contributed by atoms with E-state index >= 15 is 0 Å². The second-order valence-corrected chi connectivity index (χ2v) is 3.76. The Kier molecular flexibility index (Phi) is 5.25. The fourth-order valence-electron chi connectivity index (χ4n) is 1.40. The first-order valence-corrected chi connectivity index (χ1v) is 5.49. The fraction of sp³-hybridized carbons (Fsp3) is 0.333. The number of anilines is 1. The maximum Gasteiger partial charge on any atom is 0.334 e. The number of nitrogens with zero attached hydrogens (tertiary/aromatic N) is 1. The van der Waals surface area contributed by atoms with Gasteiger partial charge in [-0.25, -0.2) is 14.0 Å². The summed E-state index contributed by atoms with van der Waals surface area (Å²) in [7, 11) is 2.61. The van der Waals surface area contributed by atoms with Gasteiger partial charge in [0.25, 0.3) is 0 Å². The van der Waals surface area contributed by atoms with Gasteiger partial charge in [0.05, 0.1) is 12.2 Å². The molecule has 1 aromatic carbocycles. The van der Waals surface area contributed by atoms with Crippen molar-refractivity contribution in [1.29, 1.82) is 0 Å². The van der Waals surface area contributed by atoms with E-state index < -0.39 is 23.9 Å². The summed E-state index contributed by atoms with van der Waals surface area (Å²) < 4.78 is 18.1. The smallest absolute Gasteiger partial charge is 0.334 e. The summed E-state index contributed by atoms with van der Waals surface area (Å²) in [6, 6.07) is 5.16. The number of amides is 2. The van der Waals surface area contributed by atoms with Crippen molar-refractivity contribution in [2.45, 2.75) is 6.10 Å². The number of carboxylic acid groups (broad SMARTS) is 1. The molecular formula is C12H15FN2O4. The van der Waals surface area contributed by atoms with Crippen molar-refractivity contribution in [3.05, 3.63) is 30.1 Å². The molecule has 1 atom stereocenters. The molecule has 0 heterocycles. The summed E-state index contributed by atoms with van der Waals surface area (Å²) in [5.74, 6) is -1.72. The maximum atomic E-state index is 13.5. The van der Waals surface area contributed by atoms with Crippen molar-refractivity contribution < 1.29 is 23.8 Å². The van der Waals surface area contributed by atoms with Crippen LogP contribution in [0.4, 0.5) is 14.9 Å². The van der Waals surface area contributed by atoms with Gasteiger partial charge in [-0.3, -0.25) is 4.90 Å². The van der Waals surface area contributed by atoms with E-state index in [2.05, 4.69) is 10.1 Å². The third kappa shape index (κ3) is 3.92. The number of hydrogen-bond donors (Lipinski definition) is 2. The molecular weight excluding hydrogens is 255 g/mol. The highest BCUT2D eigenvalue weighted by Crippen LogP contribution is 2.16. The number of hydrogen-bond acceptors (Lipinski definition) is 3. The molecule has 0 bridgehead atoms. The van der Waals surface area contributed by atoms with Crippen LogP contribution in [0.15, 0.2) is 24.3 Å². The molecule has 1 aromatic rings. The minimum absolute atomic E-state index is 0.101. The highest BCUT2D eigenvalue weighted by atomic mass is 19.1. The molecule has 2 amide bonds. The van der Waals surface area contributed by atoms with Crippen molar-refractivity contribution in [2.24, 2.45) is 0 Å². The lowest BCUT2D eigenvalue weighted by molar-refractivity contribution is -0.147. The molecule has 19 heavy (non-hydrogen) atoms. The van der Waals surface area contributed by atoms with Crippen molar-refractivity contribution in [1.82, 2.24) is 5.32 Å². The molecule has 0 saturated heterocycles. The zero-order chi connectivity index (χ0) is 14.4. The van der Waals surface area contributed by atoms with Gasteiger partial charge in [0, 0.05) is 14.2 Å². The maximum absolute atomic E-state index is 13.5. The minimum atomic E-state index is -1.18. The zero-order valence-corrected chi connectivity index (χ0v) is 10.6. The number of carboxylic acids is 1. The summed E-state index contributed by atoms with van der Waals surface area (Å²) in [6.45, 7) is -0.205. The summed E-state index contributed by atoms with van der Waals surface area (Å²) in [4.78, 5) is 23.5. The Labute approximate surface area is 109 Å². The van der Waals surface area contributed by atoms with Crippen molar-refractivity contribution in [3.63, 3.8) is 0 Å². The van der Waals surface area contributed by atoms with E-state index in [1.54, 1.807) is 6.07 Å². The van der Waals surface area contributed by atoms with E-state index in [1.165, 1.54) is 32.4 Å². The first kappa shape index (κ1) is 14.9. The molecule has 0 radical (unpaired) electrons. The molecule has 104 valence electrons. The van der Waals surface area contributed by atoms with E-state index in [4.69, 9.17) is 5.11 Å². The quantitative estimate of drug-likeness (QED) is 0.839. The predicted molar refractivity (Wildman–Crippen MR) is 66.6 cm³/mol. The second-order valence-electron chi connectivity index (χ2n) is 3.76. The third-order valence-electron chi connectivity index (χ3n) is 2.52. The van der Waals surface area contributed by atoms with Crippen LogP contribution < -0.4 is 10.2 Å². The normalized spacial score (nSPS) is 11.7. The average molecular weight is 270 g/mol. The molecule has 0 aliphatic heterocycles. The van der Waals surface area contributed by atoms with Crippen LogP contribution in [-0.4, -0.2) is 43.9 Å². The number of ether oxygens (including phenoxy) is 1. The largest absolute Gasteiger partial charge is 0.479 e. The Balaban J connectivity index is 2.64. The van der Waals surface area contributed by atoms with Gasteiger partial charge in [0.15, 0.2) is 6.10 Å². The van der Waals surface area contributed by atoms with Crippen LogP contribution in [0.1, 0.15) is 0 Å². The lowest BCUT2D eigenvalue weighted by atomic mass is 10.3. The molecule has 0 fully saturated rings. The standard InChI is InChI=1S/C12H15FN2O4/c1-15(9-6-4-3-5-8(9)13)12(18)14-7-10(19-2)11(16)17/h3-6,10H,7H2,1-2H3,(H,14,18)(H,16,17). The van der Waals surface area contributed by atoms with Crippen LogP contribution in [0.5, 0.6) is 0 Å². The first-order valence-electron chi connectivity index (χ1n) is 5.49. The van der Waals surface area contributed by atoms with E-state index in [-0.39, 0.29) is 12.2 Å². The number of carbonyl (C=O) groups excluding carboxylic acids is 1. The number of rotatable bonds is 5. The van der Waals surface area contributed by atoms with E-state index in [1.807, 2.05) is 0 Å². The van der Waals surface area contributed by atoms with Crippen molar-refractivity contribution in [2.75, 3.05) is 25.6 Å². The highest BCUT2D eigenvalue weighted by molar-refractivity contribution is 5.91. The summed E-state index contributed by atoms with van der Waals surface area (Å²) >= 11 is 0. The van der Waals surface area contributed by atoms with Crippen LogP contribution in [0.2, 0.25) is 0 Å². The molecule has 7 heteroatoms. The molecule has 6 nitrogen and oxygen atoms in total. The van der Waals surface area contributed by atoms with E-state index in [0.717, 1.165) is 4.90 Å². The number of aliphatic carboxylic acids is 1. The first-order chi connectivity index (χ1) is 8.97. The molecule has 0 aliphatic rings. The molecule has 0 saturated carbocycles. The fourth-order valence-corrected chi connectivity index (χ4v) is 1.40. The Morgan fingerprint density at radius 1 is 1.47 bits per heavy atom. The van der Waals surface area contributed by atoms with Gasteiger partial charge in [0.2, 0.25) is 0 Å². The summed E-state index contributed by atoms with van der Waals surface area (Å²) in [5.41, 5.74) is 0.101. The van der Waals surface area contributed by atoms with Gasteiger partial charge in [-0.1, -0.05) is 12.1 Å². The lowest BCUT2D eigenvalue weighted by Gasteiger charge is -2.19. The number of nitrogens with one attached hydrogen (secondary N) is 1. The Morgan fingerprint density at radius 2 is 2.11 bits per heavy atom. The highest BCUT2D eigenvalue weighted by Gasteiger charge is 2.19. The number of benzene rings is 1. The van der Waals surface area contributed by atoms with Gasteiger partial charge >= 0.3 is 12.0 Å². The van der Waals surface area contributed by atoms with Gasteiger partial charge < -0.3 is 15.2 Å². The molecule has 0 spiro atoms. The second kappa shape index (κ2) is 6.69. The summed E-state index contributed by atoms with van der Waals surface area (Å²) in [5, 5.41) is 11.1. The van der Waals surface area contributed by atoms with Crippen LogP contribution in [-0.2, 0) is 9.53 Å². The molecule has 2 N–H and O–H groups in total. The molecule has 1 unspecified atom stereocenters. The number of methoxy groups -OCH3 is 1. The number of halogens is 1. The number of para-hydroxylation sites is 1. The Morgan fingerprint density at radius 3 is 2.63 bits per heavy atom. The Bertz CT molecular complexity index is 467. The van der Waals surface area contributed by atoms with Crippen molar-refractivity contribution >= 4 is 17.7 Å². The Hall–Kier alpha value is -2.15. The topological polar surface area (TPSA) is 78.9 Å².